The number of aliphatic hydroxyl groups excluding tert-OH is 1. The first-order valence-electron chi connectivity index (χ1n) is 4.86. The first kappa shape index (κ1) is 39.7. The number of hydrogen-bond acceptors (Lipinski definition) is 6. The molecule has 0 aliphatic heterocycles. The second-order valence-electron chi connectivity index (χ2n) is 3.35. The van der Waals surface area contributed by atoms with E-state index in [1.165, 1.54) is 6.92 Å². The molecule has 0 heterocycles. The van der Waals surface area contributed by atoms with Crippen molar-refractivity contribution in [3.8, 4) is 0 Å². The van der Waals surface area contributed by atoms with Crippen LogP contribution >= 0.6 is 0 Å². The zero-order valence-electron chi connectivity index (χ0n) is 14.1. The van der Waals surface area contributed by atoms with Gasteiger partial charge in [0.15, 0.2) is 0 Å². The Labute approximate surface area is 220 Å². The van der Waals surface area contributed by atoms with E-state index in [0.717, 1.165) is 6.92 Å². The minimum absolute atomic E-state index is 0. The van der Waals surface area contributed by atoms with E-state index in [1.54, 1.807) is 0 Å². The van der Waals surface area contributed by atoms with Crippen molar-refractivity contribution in [2.24, 2.45) is 0 Å². The third kappa shape index (κ3) is 23.8. The molecule has 0 radical (unpaired) electrons. The van der Waals surface area contributed by atoms with Gasteiger partial charge < -0.3 is 25.5 Å². The topological polar surface area (TPSA) is 181 Å². The van der Waals surface area contributed by atoms with Gasteiger partial charge in [-0.25, -0.2) is 14.4 Å². The fraction of sp³-hybridized carbons (Fsp3) is 0.556. The van der Waals surface area contributed by atoms with Crippen LogP contribution in [0.5, 0.6) is 0 Å². The van der Waals surface area contributed by atoms with E-state index < -0.39 is 42.1 Å². The fourth-order valence-corrected chi connectivity index (χ4v) is 0.569. The van der Waals surface area contributed by atoms with Crippen LogP contribution in [0, 0.1) is 0 Å². The molecule has 10 nitrogen and oxygen atoms in total. The first-order chi connectivity index (χ1) is 8.50. The summed E-state index contributed by atoms with van der Waals surface area (Å²) in [5.74, 6) is -5.75. The van der Waals surface area contributed by atoms with E-state index >= 15 is 0 Å². The van der Waals surface area contributed by atoms with E-state index in [1.807, 2.05) is 5.32 Å². The van der Waals surface area contributed by atoms with Gasteiger partial charge >= 0.3 is 142 Å². The van der Waals surface area contributed by atoms with Gasteiger partial charge in [0.1, 0.15) is 12.1 Å². The predicted molar refractivity (Wildman–Crippen MR) is 58.6 cm³/mol. The van der Waals surface area contributed by atoms with Crippen LogP contribution in [0.4, 0.5) is 0 Å². The molecule has 6 N–H and O–H groups in total. The van der Waals surface area contributed by atoms with Crippen molar-refractivity contribution in [1.29, 1.82) is 0 Å². The van der Waals surface area contributed by atoms with Gasteiger partial charge in [0.2, 0.25) is 6.04 Å². The van der Waals surface area contributed by atoms with Crippen LogP contribution in [0.15, 0.2) is 0 Å². The molecule has 0 bridgehead atoms. The Bertz CT molecular complexity index is 353. The molecule has 0 aromatic rings. The molecule has 0 rings (SSSR count). The fourth-order valence-electron chi connectivity index (χ4n) is 0.569. The van der Waals surface area contributed by atoms with Crippen LogP contribution in [-0.4, -0.2) is 67.6 Å². The van der Waals surface area contributed by atoms with Gasteiger partial charge in [-0.2, -0.15) is 0 Å². The number of aliphatic hydroxyl groups is 1. The van der Waals surface area contributed by atoms with Crippen molar-refractivity contribution in [1.82, 2.24) is 5.32 Å². The Morgan fingerprint density at radius 1 is 0.696 bits per heavy atom. The smallest absolute Gasteiger partial charge is 0.480 e. The molecule has 0 aromatic carbocycles. The van der Waals surface area contributed by atoms with Crippen molar-refractivity contribution in [3.05, 3.63) is 0 Å². The number of carboxylic acid groups (broad SMARTS) is 4. The minimum atomic E-state index is -1.90. The molecule has 0 saturated carbocycles. The van der Waals surface area contributed by atoms with E-state index in [2.05, 4.69) is 0 Å². The van der Waals surface area contributed by atoms with Crippen LogP contribution < -0.4 is 124 Å². The minimum Gasteiger partial charge on any atom is -0.480 e. The monoisotopic (exact) mass is 373 g/mol. The van der Waals surface area contributed by atoms with Crippen LogP contribution in [0.1, 0.15) is 13.8 Å². The molecular formula is C9H15NNa4O9+4. The Balaban J connectivity index is -0.0000000635. The maximum Gasteiger partial charge on any atom is 1.00 e. The van der Waals surface area contributed by atoms with Crippen LogP contribution in [0.2, 0.25) is 0 Å². The van der Waals surface area contributed by atoms with E-state index in [4.69, 9.17) is 25.5 Å². The van der Waals surface area contributed by atoms with Gasteiger partial charge in [-0.15, -0.1) is 0 Å². The van der Waals surface area contributed by atoms with Gasteiger partial charge in [-0.05, 0) is 13.8 Å². The normalized spacial score (nSPS) is 10.6. The largest absolute Gasteiger partial charge is 1.00 e. The summed E-state index contributed by atoms with van der Waals surface area (Å²) in [6.45, 7) is 2.35. The molecule has 0 aliphatic carbocycles. The first-order valence-corrected chi connectivity index (χ1v) is 4.86. The van der Waals surface area contributed by atoms with Crippen molar-refractivity contribution in [2.75, 3.05) is 0 Å². The van der Waals surface area contributed by atoms with Gasteiger partial charge in [0, 0.05) is 0 Å². The second kappa shape index (κ2) is 21.8. The molecule has 1 unspecified atom stereocenters. The average Bonchev–Trinajstić information content (AvgIpc) is 2.24. The SMILES string of the molecule is CC(O)C(=O)O.C[C@H](NC(C(=O)O)C(=O)O)C(=O)O.[Na+].[Na+].[Na+].[Na+]. The van der Waals surface area contributed by atoms with Crippen molar-refractivity contribution < 1.29 is 163 Å². The summed E-state index contributed by atoms with van der Waals surface area (Å²) < 4.78 is 0. The molecule has 2 atom stereocenters. The van der Waals surface area contributed by atoms with Crippen molar-refractivity contribution in [2.45, 2.75) is 32.0 Å². The molecule has 0 aromatic heterocycles. The summed E-state index contributed by atoms with van der Waals surface area (Å²) in [6.07, 6.45) is -1.23. The molecule has 0 fully saturated rings. The molecular weight excluding hydrogens is 358 g/mol. The third-order valence-electron chi connectivity index (χ3n) is 1.64. The Kier molecular flexibility index (Phi) is 37.7. The Morgan fingerprint density at radius 2 is 0.957 bits per heavy atom. The summed E-state index contributed by atoms with van der Waals surface area (Å²) in [7, 11) is 0. The summed E-state index contributed by atoms with van der Waals surface area (Å²) in [5, 5.41) is 42.7. The van der Waals surface area contributed by atoms with Crippen LogP contribution in [-0.2, 0) is 19.2 Å². The summed E-state index contributed by atoms with van der Waals surface area (Å²) in [4.78, 5) is 40.2. The molecule has 110 valence electrons. The van der Waals surface area contributed by atoms with Crippen molar-refractivity contribution in [3.63, 3.8) is 0 Å². The second-order valence-corrected chi connectivity index (χ2v) is 3.35. The number of carboxylic acids is 4. The maximum atomic E-state index is 10.3. The summed E-state index contributed by atoms with van der Waals surface area (Å²) in [6, 6.07) is -3.12. The predicted octanol–water partition coefficient (Wildman–Crippen LogP) is -13.9. The number of nitrogens with one attached hydrogen (secondary N) is 1. The van der Waals surface area contributed by atoms with E-state index in [0.29, 0.717) is 0 Å². The maximum absolute atomic E-state index is 10.3. The number of rotatable bonds is 6. The summed E-state index contributed by atoms with van der Waals surface area (Å²) >= 11 is 0. The summed E-state index contributed by atoms with van der Waals surface area (Å²) in [5.41, 5.74) is 0. The Morgan fingerprint density at radius 3 is 1.09 bits per heavy atom. The van der Waals surface area contributed by atoms with Crippen LogP contribution in [0.3, 0.4) is 0 Å². The molecule has 0 amide bonds. The molecule has 0 saturated heterocycles. The Hall–Kier alpha value is 1.80. The quantitative estimate of drug-likeness (QED) is 0.193. The zero-order chi connectivity index (χ0) is 15.7. The van der Waals surface area contributed by atoms with Crippen molar-refractivity contribution >= 4 is 23.9 Å². The number of aliphatic carboxylic acids is 4. The van der Waals surface area contributed by atoms with Crippen LogP contribution in [0.25, 0.3) is 0 Å². The molecule has 0 spiro atoms. The molecule has 23 heavy (non-hydrogen) atoms. The zero-order valence-corrected chi connectivity index (χ0v) is 22.1. The number of hydrogen-bond donors (Lipinski definition) is 6. The van der Waals surface area contributed by atoms with Gasteiger partial charge in [-0.3, -0.25) is 10.1 Å². The molecule has 0 aliphatic rings. The van der Waals surface area contributed by atoms with Gasteiger partial charge in [-0.1, -0.05) is 0 Å². The molecule has 14 heteroatoms. The van der Waals surface area contributed by atoms with Gasteiger partial charge in [0.05, 0.1) is 0 Å². The third-order valence-corrected chi connectivity index (χ3v) is 1.64. The number of carbonyl (C=O) groups is 4. The standard InChI is InChI=1S/C6H9NO6.C3H6O3.4Na/c1-2(4(8)9)7-3(5(10)11)6(12)13;1-2(4)3(5)6;;;;/h2-3,7H,1H3,(H,8,9)(H,10,11)(H,12,13);2,4H,1H3,(H,5,6);;;;/q;;4*+1/t2-;;;;;/m0...../s1. The average molecular weight is 373 g/mol. The van der Waals surface area contributed by atoms with E-state index in [9.17, 15) is 19.2 Å². The van der Waals surface area contributed by atoms with Gasteiger partial charge in [0.25, 0.3) is 0 Å². The van der Waals surface area contributed by atoms with E-state index in [-0.39, 0.29) is 118 Å².